The quantitative estimate of drug-likeness (QED) is 0.214. The summed E-state index contributed by atoms with van der Waals surface area (Å²) in [4.78, 5) is 2.57. The molecular weight excluding hydrogens is 615 g/mol. The number of likely N-dealkylation sites (N-methyl/N-ethyl adjacent to an activating group) is 1. The van der Waals surface area contributed by atoms with E-state index < -0.39 is 0 Å². The van der Waals surface area contributed by atoms with Gasteiger partial charge in [-0.05, 0) is 101 Å². The van der Waals surface area contributed by atoms with Gasteiger partial charge in [-0.2, -0.15) is 0 Å². The van der Waals surface area contributed by atoms with Crippen molar-refractivity contribution >= 4 is 0 Å². The van der Waals surface area contributed by atoms with E-state index in [0.717, 1.165) is 5.92 Å². The van der Waals surface area contributed by atoms with Crippen molar-refractivity contribution in [1.29, 1.82) is 0 Å². The van der Waals surface area contributed by atoms with E-state index in [-0.39, 0.29) is 0 Å². The molecule has 0 amide bonds. The van der Waals surface area contributed by atoms with Gasteiger partial charge in [0.2, 0.25) is 0 Å². The Labute approximate surface area is 310 Å². The zero-order valence-corrected chi connectivity index (χ0v) is 32.3. The largest absolute Gasteiger partial charge is 0.348 e. The van der Waals surface area contributed by atoms with Crippen molar-refractivity contribution in [3.05, 3.63) is 130 Å². The Hall–Kier alpha value is -3.32. The predicted molar refractivity (Wildman–Crippen MR) is 217 cm³/mol. The highest BCUT2D eigenvalue weighted by Crippen LogP contribution is 2.61. The lowest BCUT2D eigenvalue weighted by Crippen LogP contribution is -2.30. The smallest absolute Gasteiger partial charge is 0.0374 e. The van der Waals surface area contributed by atoms with Gasteiger partial charge < -0.3 is 4.90 Å². The molecule has 0 radical (unpaired) electrons. The Morgan fingerprint density at radius 1 is 0.804 bits per heavy atom. The fourth-order valence-electron chi connectivity index (χ4n) is 11.3. The standard InChI is InChI=1S/C50H63N/c1-34-25-27-38-33-37(30-34)46-48(42-22-15-16-23-43(42)49(46)51(38)5)44(24-12-7-6-8-17-29-50(2,3)4)47-41-21-14-13-20-39(41)40-28-26-36(32-45(40)47)31-35-18-10-9-11-19-35/h13-16,20-23,25-28,30,32-33,35,37,42-44,47-48H,6-12,17-19,24,29,31H2,1-5H3. The summed E-state index contributed by atoms with van der Waals surface area (Å²) >= 11 is 0. The number of nitrogens with zero attached hydrogens (tertiary/aromatic N) is 1. The second-order valence-corrected chi connectivity index (χ2v) is 18.4. The minimum atomic E-state index is 0.368. The van der Waals surface area contributed by atoms with Crippen LogP contribution in [0, 0.1) is 40.9 Å². The molecule has 6 aliphatic rings. The molecule has 5 aliphatic carbocycles. The number of unbranched alkanes of at least 4 members (excludes halogenated alkanes) is 4. The molecule has 1 saturated carbocycles. The maximum atomic E-state index is 2.71. The molecule has 0 spiro atoms. The predicted octanol–water partition coefficient (Wildman–Crippen LogP) is 13.5. The van der Waals surface area contributed by atoms with Crippen LogP contribution < -0.4 is 0 Å². The molecule has 0 N–H and O–H groups in total. The average Bonchev–Trinajstić information content (AvgIpc) is 3.57. The van der Waals surface area contributed by atoms with Crippen molar-refractivity contribution < 1.29 is 0 Å². The van der Waals surface area contributed by atoms with E-state index in [9.17, 15) is 0 Å². The molecule has 268 valence electrons. The number of fused-ring (bicyclic) bond motifs is 7. The molecule has 6 unspecified atom stereocenters. The molecule has 1 nitrogen and oxygen atoms in total. The van der Waals surface area contributed by atoms with Crippen LogP contribution in [0.15, 0.2) is 114 Å². The van der Waals surface area contributed by atoms with E-state index >= 15 is 0 Å². The molecule has 2 aromatic rings. The van der Waals surface area contributed by atoms with Gasteiger partial charge in [0, 0.05) is 36.2 Å². The zero-order valence-electron chi connectivity index (χ0n) is 32.3. The van der Waals surface area contributed by atoms with Crippen LogP contribution in [0.25, 0.3) is 11.1 Å². The van der Waals surface area contributed by atoms with Gasteiger partial charge >= 0.3 is 0 Å². The molecule has 1 aliphatic heterocycles. The Bertz CT molecular complexity index is 1780. The summed E-state index contributed by atoms with van der Waals surface area (Å²) in [7, 11) is 2.35. The van der Waals surface area contributed by atoms with Crippen LogP contribution in [-0.2, 0) is 6.42 Å². The van der Waals surface area contributed by atoms with Gasteiger partial charge in [0.05, 0.1) is 0 Å². The van der Waals surface area contributed by atoms with Gasteiger partial charge in [-0.1, -0.05) is 169 Å². The molecule has 1 heteroatoms. The molecular formula is C50H63N. The number of benzene rings is 2. The minimum absolute atomic E-state index is 0.368. The lowest BCUT2D eigenvalue weighted by Gasteiger charge is -2.38. The molecule has 0 aromatic heterocycles. The summed E-state index contributed by atoms with van der Waals surface area (Å²) in [5.41, 5.74) is 14.3. The highest BCUT2D eigenvalue weighted by atomic mass is 15.1. The second kappa shape index (κ2) is 14.6. The van der Waals surface area contributed by atoms with Crippen molar-refractivity contribution in [2.45, 2.75) is 117 Å². The zero-order chi connectivity index (χ0) is 35.1. The summed E-state index contributed by atoms with van der Waals surface area (Å²) in [6.07, 6.45) is 37.4. The first-order chi connectivity index (χ1) is 24.8. The van der Waals surface area contributed by atoms with Crippen LogP contribution in [-0.4, -0.2) is 11.9 Å². The van der Waals surface area contributed by atoms with Crippen molar-refractivity contribution in [3.8, 4) is 11.1 Å². The number of rotatable bonds is 11. The number of hydrogen-bond donors (Lipinski definition) is 0. The SMILES string of the molecule is CC1=CC2C=C(C=C1)N(C)C1=C2C(C(CCCCCCCC(C)(C)C)C2c3ccccc3-c3ccc(CC4CCCCC4)cc32)C2C=CC=CC12. The molecule has 0 saturated heterocycles. The van der Waals surface area contributed by atoms with Gasteiger partial charge in [-0.3, -0.25) is 0 Å². The van der Waals surface area contributed by atoms with Crippen LogP contribution in [0.4, 0.5) is 0 Å². The van der Waals surface area contributed by atoms with E-state index in [4.69, 9.17) is 0 Å². The van der Waals surface area contributed by atoms with Crippen LogP contribution >= 0.6 is 0 Å². The number of allylic oxidation sites excluding steroid dienone is 10. The maximum absolute atomic E-state index is 2.71. The Morgan fingerprint density at radius 2 is 1.57 bits per heavy atom. The lowest BCUT2D eigenvalue weighted by atomic mass is 9.65. The molecule has 1 fully saturated rings. The first-order valence-corrected chi connectivity index (χ1v) is 20.9. The summed E-state index contributed by atoms with van der Waals surface area (Å²) in [5, 5.41) is 0. The fraction of sp³-hybridized carbons (Fsp3) is 0.520. The van der Waals surface area contributed by atoms with E-state index in [1.165, 1.54) is 106 Å². The normalized spacial score (nSPS) is 27.1. The van der Waals surface area contributed by atoms with E-state index in [1.54, 1.807) is 28.0 Å². The van der Waals surface area contributed by atoms with Crippen molar-refractivity contribution in [2.24, 2.45) is 40.9 Å². The Morgan fingerprint density at radius 3 is 2.41 bits per heavy atom. The van der Waals surface area contributed by atoms with Gasteiger partial charge in [-0.15, -0.1) is 0 Å². The summed E-state index contributed by atoms with van der Waals surface area (Å²) in [5.74, 6) is 3.67. The molecule has 8 rings (SSSR count). The van der Waals surface area contributed by atoms with E-state index in [0.29, 0.717) is 40.9 Å². The molecule has 2 bridgehead atoms. The van der Waals surface area contributed by atoms with E-state index in [1.807, 2.05) is 0 Å². The fourth-order valence-corrected chi connectivity index (χ4v) is 11.3. The lowest BCUT2D eigenvalue weighted by molar-refractivity contribution is 0.249. The van der Waals surface area contributed by atoms with Gasteiger partial charge in [0.15, 0.2) is 0 Å². The highest BCUT2D eigenvalue weighted by molar-refractivity contribution is 5.79. The highest BCUT2D eigenvalue weighted by Gasteiger charge is 2.51. The molecule has 51 heavy (non-hydrogen) atoms. The van der Waals surface area contributed by atoms with Crippen LogP contribution in [0.3, 0.4) is 0 Å². The van der Waals surface area contributed by atoms with Gasteiger partial charge in [-0.25, -0.2) is 0 Å². The van der Waals surface area contributed by atoms with Crippen molar-refractivity contribution in [1.82, 2.24) is 4.90 Å². The third kappa shape index (κ3) is 6.96. The Kier molecular flexibility index (Phi) is 9.95. The third-order valence-electron chi connectivity index (χ3n) is 13.6. The van der Waals surface area contributed by atoms with Crippen LogP contribution in [0.5, 0.6) is 0 Å². The Balaban J connectivity index is 1.19. The minimum Gasteiger partial charge on any atom is -0.348 e. The first-order valence-electron chi connectivity index (χ1n) is 20.9. The second-order valence-electron chi connectivity index (χ2n) is 18.4. The average molecular weight is 678 g/mol. The van der Waals surface area contributed by atoms with Crippen molar-refractivity contribution in [2.75, 3.05) is 7.05 Å². The van der Waals surface area contributed by atoms with Crippen molar-refractivity contribution in [3.63, 3.8) is 0 Å². The van der Waals surface area contributed by atoms with E-state index in [2.05, 4.69) is 131 Å². The maximum Gasteiger partial charge on any atom is 0.0374 e. The first kappa shape index (κ1) is 34.7. The summed E-state index contributed by atoms with van der Waals surface area (Å²) < 4.78 is 0. The van der Waals surface area contributed by atoms with Gasteiger partial charge in [0.25, 0.3) is 0 Å². The monoisotopic (exact) mass is 677 g/mol. The molecule has 2 aromatic carbocycles. The van der Waals surface area contributed by atoms with Gasteiger partial charge in [0.1, 0.15) is 0 Å². The van der Waals surface area contributed by atoms with Crippen LogP contribution in [0.2, 0.25) is 0 Å². The summed E-state index contributed by atoms with van der Waals surface area (Å²) in [6, 6.07) is 17.3. The topological polar surface area (TPSA) is 3.24 Å². The third-order valence-corrected chi connectivity index (χ3v) is 13.6. The van der Waals surface area contributed by atoms with Crippen LogP contribution in [0.1, 0.15) is 127 Å². The number of hydrogen-bond acceptors (Lipinski definition) is 1. The summed E-state index contributed by atoms with van der Waals surface area (Å²) in [6.45, 7) is 9.48. The molecule has 1 heterocycles. The molecule has 6 atom stereocenters.